The van der Waals surface area contributed by atoms with Crippen molar-refractivity contribution < 1.29 is 4.74 Å². The van der Waals surface area contributed by atoms with E-state index in [0.29, 0.717) is 12.5 Å². The third kappa shape index (κ3) is 4.99. The molecule has 0 aliphatic carbocycles. The maximum absolute atomic E-state index is 5.90. The average Bonchev–Trinajstić information content (AvgIpc) is 2.32. The van der Waals surface area contributed by atoms with Crippen LogP contribution >= 0.6 is 0 Å². The van der Waals surface area contributed by atoms with Gasteiger partial charge < -0.3 is 10.1 Å². The Morgan fingerprint density at radius 1 is 1.20 bits per heavy atom. The minimum atomic E-state index is 0.270. The van der Waals surface area contributed by atoms with Gasteiger partial charge in [-0.05, 0) is 25.7 Å². The Balaban J connectivity index is 2.92. The topological polar surface area (TPSA) is 47.0 Å². The van der Waals surface area contributed by atoms with E-state index in [0.717, 1.165) is 30.2 Å². The van der Waals surface area contributed by atoms with Crippen molar-refractivity contribution in [2.24, 2.45) is 5.41 Å². The van der Waals surface area contributed by atoms with E-state index >= 15 is 0 Å². The average molecular weight is 279 g/mol. The molecule has 0 atom stereocenters. The molecule has 0 aliphatic heterocycles. The van der Waals surface area contributed by atoms with E-state index in [1.807, 2.05) is 6.92 Å². The number of anilines is 1. The van der Waals surface area contributed by atoms with Crippen LogP contribution < -0.4 is 10.1 Å². The summed E-state index contributed by atoms with van der Waals surface area (Å²) in [7, 11) is 0. The normalized spacial score (nSPS) is 11.8. The highest BCUT2D eigenvalue weighted by Crippen LogP contribution is 2.26. The second-order valence-corrected chi connectivity index (χ2v) is 6.70. The molecule has 4 nitrogen and oxygen atoms in total. The summed E-state index contributed by atoms with van der Waals surface area (Å²) in [6.07, 6.45) is 1.00. The number of ether oxygens (including phenoxy) is 1. The van der Waals surface area contributed by atoms with Gasteiger partial charge >= 0.3 is 0 Å². The van der Waals surface area contributed by atoms with Gasteiger partial charge in [-0.15, -0.1) is 0 Å². The minimum absolute atomic E-state index is 0.270. The van der Waals surface area contributed by atoms with Crippen LogP contribution in [-0.4, -0.2) is 23.1 Å². The first-order chi connectivity index (χ1) is 9.24. The summed E-state index contributed by atoms with van der Waals surface area (Å²) in [5, 5.41) is 3.29. The van der Waals surface area contributed by atoms with Gasteiger partial charge in [0.2, 0.25) is 5.88 Å². The summed E-state index contributed by atoms with van der Waals surface area (Å²) in [5.74, 6) is 2.72. The smallest absolute Gasteiger partial charge is 0.221 e. The first kappa shape index (κ1) is 16.7. The lowest BCUT2D eigenvalue weighted by Gasteiger charge is -2.19. The van der Waals surface area contributed by atoms with Crippen molar-refractivity contribution in [3.05, 3.63) is 11.4 Å². The fourth-order valence-electron chi connectivity index (χ4n) is 1.70. The molecule has 20 heavy (non-hydrogen) atoms. The SMILES string of the molecule is CCNc1nc(C(C)C)nc(OCCC(C)(C)C)c1C. The van der Waals surface area contributed by atoms with E-state index in [2.05, 4.69) is 56.8 Å². The van der Waals surface area contributed by atoms with Crippen LogP contribution in [0, 0.1) is 12.3 Å². The van der Waals surface area contributed by atoms with E-state index in [1.165, 1.54) is 0 Å². The van der Waals surface area contributed by atoms with Gasteiger partial charge in [0.15, 0.2) is 0 Å². The van der Waals surface area contributed by atoms with Crippen molar-refractivity contribution in [3.63, 3.8) is 0 Å². The lowest BCUT2D eigenvalue weighted by Crippen LogP contribution is -2.14. The van der Waals surface area contributed by atoms with Crippen molar-refractivity contribution in [2.75, 3.05) is 18.5 Å². The summed E-state index contributed by atoms with van der Waals surface area (Å²) < 4.78 is 5.90. The molecule has 0 saturated carbocycles. The fraction of sp³-hybridized carbons (Fsp3) is 0.750. The Morgan fingerprint density at radius 3 is 2.35 bits per heavy atom. The van der Waals surface area contributed by atoms with E-state index in [1.54, 1.807) is 0 Å². The van der Waals surface area contributed by atoms with Crippen molar-refractivity contribution >= 4 is 5.82 Å². The number of nitrogens with zero attached hydrogens (tertiary/aromatic N) is 2. The number of rotatable bonds is 6. The van der Waals surface area contributed by atoms with Gasteiger partial charge in [-0.2, -0.15) is 4.98 Å². The molecule has 0 fully saturated rings. The van der Waals surface area contributed by atoms with Crippen LogP contribution in [0.3, 0.4) is 0 Å². The Labute approximate surface area is 123 Å². The van der Waals surface area contributed by atoms with E-state index in [4.69, 9.17) is 4.74 Å². The molecule has 4 heteroatoms. The first-order valence-corrected chi connectivity index (χ1v) is 7.49. The molecule has 0 bridgehead atoms. The van der Waals surface area contributed by atoms with Crippen molar-refractivity contribution in [1.29, 1.82) is 0 Å². The maximum Gasteiger partial charge on any atom is 0.221 e. The lowest BCUT2D eigenvalue weighted by molar-refractivity contribution is 0.234. The summed E-state index contributed by atoms with van der Waals surface area (Å²) in [6, 6.07) is 0. The highest BCUT2D eigenvalue weighted by molar-refractivity contribution is 5.48. The minimum Gasteiger partial charge on any atom is -0.477 e. The van der Waals surface area contributed by atoms with Gasteiger partial charge in [0.25, 0.3) is 0 Å². The van der Waals surface area contributed by atoms with Gasteiger partial charge in [0.1, 0.15) is 11.6 Å². The zero-order chi connectivity index (χ0) is 15.3. The Hall–Kier alpha value is -1.32. The van der Waals surface area contributed by atoms with E-state index < -0.39 is 0 Å². The summed E-state index contributed by atoms with van der Waals surface area (Å²) in [5.41, 5.74) is 1.26. The molecule has 1 N–H and O–H groups in total. The third-order valence-corrected chi connectivity index (χ3v) is 3.07. The Kier molecular flexibility index (Phi) is 5.78. The first-order valence-electron chi connectivity index (χ1n) is 7.49. The van der Waals surface area contributed by atoms with Crippen LogP contribution in [0.1, 0.15) is 65.3 Å². The monoisotopic (exact) mass is 279 g/mol. The van der Waals surface area contributed by atoms with Gasteiger partial charge in [-0.25, -0.2) is 4.98 Å². The highest BCUT2D eigenvalue weighted by atomic mass is 16.5. The van der Waals surface area contributed by atoms with Gasteiger partial charge in [-0.3, -0.25) is 0 Å². The molecule has 0 saturated heterocycles. The van der Waals surface area contributed by atoms with Crippen LogP contribution in [0.5, 0.6) is 5.88 Å². The molecule has 0 amide bonds. The van der Waals surface area contributed by atoms with Crippen LogP contribution in [0.2, 0.25) is 0 Å². The number of hydrogen-bond acceptors (Lipinski definition) is 4. The molecular formula is C16H29N3O. The molecule has 1 aromatic heterocycles. The van der Waals surface area contributed by atoms with Crippen LogP contribution in [-0.2, 0) is 0 Å². The van der Waals surface area contributed by atoms with E-state index in [-0.39, 0.29) is 11.3 Å². The molecular weight excluding hydrogens is 250 g/mol. The van der Waals surface area contributed by atoms with Crippen LogP contribution in [0.15, 0.2) is 0 Å². The summed E-state index contributed by atoms with van der Waals surface area (Å²) in [4.78, 5) is 9.14. The van der Waals surface area contributed by atoms with Crippen molar-refractivity contribution in [3.8, 4) is 5.88 Å². The number of nitrogens with one attached hydrogen (secondary N) is 1. The Morgan fingerprint density at radius 2 is 1.85 bits per heavy atom. The molecule has 0 radical (unpaired) electrons. The van der Waals surface area contributed by atoms with Gasteiger partial charge in [0, 0.05) is 12.5 Å². The lowest BCUT2D eigenvalue weighted by atomic mass is 9.93. The molecule has 1 rings (SSSR count). The third-order valence-electron chi connectivity index (χ3n) is 3.07. The predicted octanol–water partition coefficient (Wildman–Crippen LogP) is 4.16. The number of hydrogen-bond donors (Lipinski definition) is 1. The Bertz CT molecular complexity index is 436. The van der Waals surface area contributed by atoms with Crippen molar-refractivity contribution in [1.82, 2.24) is 9.97 Å². The zero-order valence-electron chi connectivity index (χ0n) is 14.0. The molecule has 1 aromatic rings. The zero-order valence-corrected chi connectivity index (χ0v) is 14.0. The quantitative estimate of drug-likeness (QED) is 0.849. The predicted molar refractivity (Wildman–Crippen MR) is 84.6 cm³/mol. The molecule has 0 spiro atoms. The maximum atomic E-state index is 5.90. The second-order valence-electron chi connectivity index (χ2n) is 6.70. The van der Waals surface area contributed by atoms with Crippen molar-refractivity contribution in [2.45, 2.75) is 60.8 Å². The molecule has 114 valence electrons. The van der Waals surface area contributed by atoms with Gasteiger partial charge in [0.05, 0.1) is 12.2 Å². The molecule has 0 aromatic carbocycles. The molecule has 1 heterocycles. The van der Waals surface area contributed by atoms with Crippen LogP contribution in [0.25, 0.3) is 0 Å². The number of aromatic nitrogens is 2. The second kappa shape index (κ2) is 6.91. The standard InChI is InChI=1S/C16H29N3O/c1-8-17-14-12(4)15(19-13(18-14)11(2)3)20-10-9-16(5,6)7/h11H,8-10H2,1-7H3,(H,17,18,19). The molecule has 0 unspecified atom stereocenters. The van der Waals surface area contributed by atoms with Gasteiger partial charge in [-0.1, -0.05) is 34.6 Å². The highest BCUT2D eigenvalue weighted by Gasteiger charge is 2.15. The van der Waals surface area contributed by atoms with Crippen LogP contribution in [0.4, 0.5) is 5.82 Å². The fourth-order valence-corrected chi connectivity index (χ4v) is 1.70. The largest absolute Gasteiger partial charge is 0.477 e. The summed E-state index contributed by atoms with van der Waals surface area (Å²) in [6.45, 7) is 16.4. The van der Waals surface area contributed by atoms with E-state index in [9.17, 15) is 0 Å². The summed E-state index contributed by atoms with van der Waals surface area (Å²) >= 11 is 0. The molecule has 0 aliphatic rings.